The molecule has 1 fully saturated rings. The van der Waals surface area contributed by atoms with Crippen LogP contribution in [0.15, 0.2) is 24.3 Å². The number of nitrogens with one attached hydrogen (secondary N) is 1. The van der Waals surface area contributed by atoms with Crippen molar-refractivity contribution in [3.8, 4) is 0 Å². The van der Waals surface area contributed by atoms with Crippen molar-refractivity contribution < 1.29 is 4.79 Å². The highest BCUT2D eigenvalue weighted by Crippen LogP contribution is 2.32. The van der Waals surface area contributed by atoms with Crippen molar-refractivity contribution in [1.82, 2.24) is 10.2 Å². The molecule has 2 aliphatic rings. The van der Waals surface area contributed by atoms with E-state index in [9.17, 15) is 4.79 Å². The highest BCUT2D eigenvalue weighted by atomic mass is 16.2. The van der Waals surface area contributed by atoms with Crippen LogP contribution in [0, 0.1) is 11.8 Å². The lowest BCUT2D eigenvalue weighted by molar-refractivity contribution is -0.129. The maximum absolute atomic E-state index is 12.8. The minimum absolute atomic E-state index is 0.0189. The third kappa shape index (κ3) is 3.35. The Morgan fingerprint density at radius 3 is 2.50 bits per heavy atom. The number of hydrogen-bond donors (Lipinski definition) is 1. The van der Waals surface area contributed by atoms with Gasteiger partial charge in [0.15, 0.2) is 0 Å². The van der Waals surface area contributed by atoms with E-state index in [1.165, 1.54) is 24.0 Å². The Morgan fingerprint density at radius 1 is 1.18 bits per heavy atom. The molecule has 1 aliphatic heterocycles. The van der Waals surface area contributed by atoms with Crippen molar-refractivity contribution in [3.63, 3.8) is 0 Å². The van der Waals surface area contributed by atoms with Gasteiger partial charge in [-0.05, 0) is 49.1 Å². The van der Waals surface area contributed by atoms with Crippen molar-refractivity contribution in [2.45, 2.75) is 58.7 Å². The summed E-state index contributed by atoms with van der Waals surface area (Å²) < 4.78 is 0. The summed E-state index contributed by atoms with van der Waals surface area (Å²) in [4.78, 5) is 15.1. The molecule has 1 N–H and O–H groups in total. The molecule has 1 amide bonds. The van der Waals surface area contributed by atoms with Gasteiger partial charge in [-0.3, -0.25) is 9.69 Å². The number of nitrogens with zero attached hydrogens (tertiary/aromatic N) is 1. The van der Waals surface area contributed by atoms with Gasteiger partial charge in [0.25, 0.3) is 0 Å². The standard InChI is InChI=1S/C19H28N2O/c1-13(2)18(19(22)20-14(3)15-8-9-15)21-11-10-16-6-4-5-7-17(16)12-21/h4-7,13-15,18H,8-12H2,1-3H3,(H,20,22). The number of amides is 1. The molecule has 3 heteroatoms. The van der Waals surface area contributed by atoms with Crippen LogP contribution < -0.4 is 5.32 Å². The van der Waals surface area contributed by atoms with Gasteiger partial charge in [0.1, 0.15) is 0 Å². The van der Waals surface area contributed by atoms with Crippen LogP contribution in [0.1, 0.15) is 44.7 Å². The maximum Gasteiger partial charge on any atom is 0.237 e. The first-order chi connectivity index (χ1) is 10.6. The fourth-order valence-electron chi connectivity index (χ4n) is 3.67. The van der Waals surface area contributed by atoms with Gasteiger partial charge in [0.2, 0.25) is 5.91 Å². The summed E-state index contributed by atoms with van der Waals surface area (Å²) in [6.07, 6.45) is 3.58. The van der Waals surface area contributed by atoms with Gasteiger partial charge in [-0.2, -0.15) is 0 Å². The van der Waals surface area contributed by atoms with Gasteiger partial charge >= 0.3 is 0 Å². The minimum atomic E-state index is -0.0189. The highest BCUT2D eigenvalue weighted by Gasteiger charge is 2.34. The predicted molar refractivity (Wildman–Crippen MR) is 89.5 cm³/mol. The molecule has 0 aromatic heterocycles. The van der Waals surface area contributed by atoms with Crippen LogP contribution >= 0.6 is 0 Å². The van der Waals surface area contributed by atoms with Gasteiger partial charge in [0.05, 0.1) is 6.04 Å². The number of hydrogen-bond acceptors (Lipinski definition) is 2. The Labute approximate surface area is 134 Å². The summed E-state index contributed by atoms with van der Waals surface area (Å²) in [5.74, 6) is 1.25. The first kappa shape index (κ1) is 15.5. The zero-order valence-electron chi connectivity index (χ0n) is 14.0. The highest BCUT2D eigenvalue weighted by molar-refractivity contribution is 5.82. The Bertz CT molecular complexity index is 536. The van der Waals surface area contributed by atoms with Gasteiger partial charge < -0.3 is 5.32 Å². The second kappa shape index (κ2) is 6.41. The largest absolute Gasteiger partial charge is 0.352 e. The number of fused-ring (bicyclic) bond motifs is 1. The zero-order chi connectivity index (χ0) is 15.7. The summed E-state index contributed by atoms with van der Waals surface area (Å²) in [6.45, 7) is 8.34. The van der Waals surface area contributed by atoms with E-state index in [4.69, 9.17) is 0 Å². The Kier molecular flexibility index (Phi) is 4.53. The molecule has 1 saturated carbocycles. The molecular weight excluding hydrogens is 272 g/mol. The fourth-order valence-corrected chi connectivity index (χ4v) is 3.67. The first-order valence-electron chi connectivity index (χ1n) is 8.67. The van der Waals surface area contributed by atoms with Gasteiger partial charge in [-0.1, -0.05) is 38.1 Å². The molecular formula is C19H28N2O. The van der Waals surface area contributed by atoms with E-state index in [2.05, 4.69) is 55.3 Å². The van der Waals surface area contributed by atoms with E-state index in [1.54, 1.807) is 0 Å². The van der Waals surface area contributed by atoms with E-state index in [0.29, 0.717) is 17.9 Å². The van der Waals surface area contributed by atoms with Crippen LogP contribution in [0.25, 0.3) is 0 Å². The molecule has 2 atom stereocenters. The third-order valence-corrected chi connectivity index (χ3v) is 5.15. The predicted octanol–water partition coefficient (Wildman–Crippen LogP) is 2.98. The SMILES string of the molecule is CC(C)C(C(=O)NC(C)C1CC1)N1CCc2ccccc2C1. The van der Waals surface area contributed by atoms with E-state index >= 15 is 0 Å². The fraction of sp³-hybridized carbons (Fsp3) is 0.632. The van der Waals surface area contributed by atoms with Crippen molar-refractivity contribution in [1.29, 1.82) is 0 Å². The summed E-state index contributed by atoms with van der Waals surface area (Å²) >= 11 is 0. The average molecular weight is 300 g/mol. The summed E-state index contributed by atoms with van der Waals surface area (Å²) in [5.41, 5.74) is 2.82. The molecule has 0 bridgehead atoms. The van der Waals surface area contributed by atoms with E-state index in [0.717, 1.165) is 19.5 Å². The summed E-state index contributed by atoms with van der Waals surface area (Å²) in [7, 11) is 0. The molecule has 0 spiro atoms. The molecule has 3 rings (SSSR count). The number of carbonyl (C=O) groups excluding carboxylic acids is 1. The molecule has 3 nitrogen and oxygen atoms in total. The van der Waals surface area contributed by atoms with Gasteiger partial charge in [-0.15, -0.1) is 0 Å². The lowest BCUT2D eigenvalue weighted by Crippen LogP contribution is -2.53. The van der Waals surface area contributed by atoms with Crippen LogP contribution in [0.3, 0.4) is 0 Å². The van der Waals surface area contributed by atoms with E-state index < -0.39 is 0 Å². The van der Waals surface area contributed by atoms with Crippen LogP contribution in [-0.4, -0.2) is 29.4 Å². The third-order valence-electron chi connectivity index (χ3n) is 5.15. The first-order valence-corrected chi connectivity index (χ1v) is 8.67. The molecule has 1 heterocycles. The molecule has 22 heavy (non-hydrogen) atoms. The molecule has 0 saturated heterocycles. The quantitative estimate of drug-likeness (QED) is 0.906. The Morgan fingerprint density at radius 2 is 1.86 bits per heavy atom. The maximum atomic E-state index is 12.8. The van der Waals surface area contributed by atoms with Crippen LogP contribution in [0.2, 0.25) is 0 Å². The number of benzene rings is 1. The number of rotatable bonds is 5. The molecule has 1 aromatic rings. The second-order valence-electron chi connectivity index (χ2n) is 7.31. The number of carbonyl (C=O) groups is 1. The Hall–Kier alpha value is -1.35. The molecule has 0 radical (unpaired) electrons. The Balaban J connectivity index is 1.70. The lowest BCUT2D eigenvalue weighted by Gasteiger charge is -2.37. The monoisotopic (exact) mass is 300 g/mol. The van der Waals surface area contributed by atoms with Crippen molar-refractivity contribution >= 4 is 5.91 Å². The van der Waals surface area contributed by atoms with Gasteiger partial charge in [0, 0.05) is 19.1 Å². The molecule has 2 unspecified atom stereocenters. The zero-order valence-corrected chi connectivity index (χ0v) is 14.0. The molecule has 1 aromatic carbocycles. The van der Waals surface area contributed by atoms with E-state index in [1.807, 2.05) is 0 Å². The van der Waals surface area contributed by atoms with Crippen LogP contribution in [0.4, 0.5) is 0 Å². The lowest BCUT2D eigenvalue weighted by atomic mass is 9.94. The minimum Gasteiger partial charge on any atom is -0.352 e. The van der Waals surface area contributed by atoms with Crippen molar-refractivity contribution in [3.05, 3.63) is 35.4 Å². The van der Waals surface area contributed by atoms with E-state index in [-0.39, 0.29) is 11.9 Å². The summed E-state index contributed by atoms with van der Waals surface area (Å²) in [5, 5.41) is 3.26. The van der Waals surface area contributed by atoms with Crippen LogP contribution in [-0.2, 0) is 17.8 Å². The molecule has 120 valence electrons. The smallest absolute Gasteiger partial charge is 0.237 e. The summed E-state index contributed by atoms with van der Waals surface area (Å²) in [6, 6.07) is 8.93. The van der Waals surface area contributed by atoms with Crippen molar-refractivity contribution in [2.75, 3.05) is 6.54 Å². The van der Waals surface area contributed by atoms with Crippen LogP contribution in [0.5, 0.6) is 0 Å². The van der Waals surface area contributed by atoms with Gasteiger partial charge in [-0.25, -0.2) is 0 Å². The molecule has 1 aliphatic carbocycles. The van der Waals surface area contributed by atoms with Crippen molar-refractivity contribution in [2.24, 2.45) is 11.8 Å². The average Bonchev–Trinajstić information content (AvgIpc) is 3.31. The topological polar surface area (TPSA) is 32.3 Å². The normalized spacial score (nSPS) is 21.3. The second-order valence-corrected chi connectivity index (χ2v) is 7.31.